The molecule has 0 aliphatic heterocycles. The Bertz CT molecular complexity index is 356. The molecule has 3 N–H and O–H groups in total. The van der Waals surface area contributed by atoms with Crippen molar-refractivity contribution in [1.82, 2.24) is 5.32 Å². The number of hydrogen-bond acceptors (Lipinski definition) is 4. The standard InChI is InChI=1S/C11H16N2O3.C4H10/c1-3-5-9(6-4-7-12)11(15)13-8-10(14)16-2;1-3-4-2/h3-7H,8,12H2,1-2H3,(H,13,15);3-4H2,1-2H3/b5-3-,7-4+,9-6+;. The third kappa shape index (κ3) is 12.4. The molecule has 0 saturated carbocycles. The van der Waals surface area contributed by atoms with Crippen molar-refractivity contribution in [2.75, 3.05) is 13.7 Å². The number of nitrogens with two attached hydrogens (primary N) is 1. The molecule has 0 bridgehead atoms. The van der Waals surface area contributed by atoms with Crippen LogP contribution >= 0.6 is 0 Å². The van der Waals surface area contributed by atoms with Gasteiger partial charge in [-0.3, -0.25) is 9.59 Å². The van der Waals surface area contributed by atoms with Crippen LogP contribution in [-0.4, -0.2) is 25.5 Å². The SMILES string of the molecule is CCCC.C\C=C/C(=C\C=C\N)C(=O)NCC(=O)OC. The number of ether oxygens (including phenoxy) is 1. The van der Waals surface area contributed by atoms with Crippen LogP contribution in [-0.2, 0) is 14.3 Å². The minimum atomic E-state index is -0.498. The number of rotatable bonds is 6. The largest absolute Gasteiger partial charge is 0.468 e. The number of methoxy groups -OCH3 is 1. The fourth-order valence-corrected chi connectivity index (χ4v) is 0.872. The summed E-state index contributed by atoms with van der Waals surface area (Å²) in [7, 11) is 1.26. The number of unbranched alkanes of at least 4 members (excludes halogenated alkanes) is 1. The monoisotopic (exact) mass is 282 g/mol. The minimum absolute atomic E-state index is 0.156. The van der Waals surface area contributed by atoms with Crippen LogP contribution in [0.15, 0.2) is 36.1 Å². The molecule has 0 aliphatic carbocycles. The van der Waals surface area contributed by atoms with Gasteiger partial charge < -0.3 is 15.8 Å². The first-order chi connectivity index (χ1) is 9.56. The van der Waals surface area contributed by atoms with E-state index in [2.05, 4.69) is 23.9 Å². The van der Waals surface area contributed by atoms with Gasteiger partial charge in [-0.15, -0.1) is 0 Å². The molecule has 0 spiro atoms. The molecule has 5 nitrogen and oxygen atoms in total. The second kappa shape index (κ2) is 15.0. The topological polar surface area (TPSA) is 81.4 Å². The molecule has 0 fully saturated rings. The van der Waals surface area contributed by atoms with Crippen molar-refractivity contribution in [1.29, 1.82) is 0 Å². The maximum atomic E-state index is 11.5. The van der Waals surface area contributed by atoms with Crippen molar-refractivity contribution in [2.24, 2.45) is 5.73 Å². The summed E-state index contributed by atoms with van der Waals surface area (Å²) in [4.78, 5) is 22.3. The van der Waals surface area contributed by atoms with Crippen molar-refractivity contribution >= 4 is 11.9 Å². The van der Waals surface area contributed by atoms with Crippen LogP contribution in [0.4, 0.5) is 0 Å². The van der Waals surface area contributed by atoms with Gasteiger partial charge in [-0.1, -0.05) is 38.8 Å². The quantitative estimate of drug-likeness (QED) is 0.444. The first kappa shape index (κ1) is 20.3. The Morgan fingerprint density at radius 2 is 1.85 bits per heavy atom. The van der Waals surface area contributed by atoms with E-state index in [1.807, 2.05) is 0 Å². The molecule has 0 atom stereocenters. The van der Waals surface area contributed by atoms with E-state index in [0.29, 0.717) is 5.57 Å². The zero-order valence-electron chi connectivity index (χ0n) is 12.8. The Kier molecular flexibility index (Phi) is 15.2. The van der Waals surface area contributed by atoms with E-state index in [1.165, 1.54) is 32.2 Å². The van der Waals surface area contributed by atoms with Gasteiger partial charge in [-0.2, -0.15) is 0 Å². The molecular weight excluding hydrogens is 256 g/mol. The lowest BCUT2D eigenvalue weighted by molar-refractivity contribution is -0.140. The third-order valence-corrected chi connectivity index (χ3v) is 2.12. The normalized spacial score (nSPS) is 11.1. The Balaban J connectivity index is 0. The summed E-state index contributed by atoms with van der Waals surface area (Å²) in [5.74, 6) is -0.857. The average Bonchev–Trinajstić information content (AvgIpc) is 2.48. The van der Waals surface area contributed by atoms with Gasteiger partial charge in [0.25, 0.3) is 5.91 Å². The van der Waals surface area contributed by atoms with Crippen LogP contribution < -0.4 is 11.1 Å². The Hall–Kier alpha value is -2.04. The first-order valence-electron chi connectivity index (χ1n) is 6.63. The molecule has 0 aromatic carbocycles. The van der Waals surface area contributed by atoms with Crippen LogP contribution in [0.2, 0.25) is 0 Å². The molecule has 5 heteroatoms. The average molecular weight is 282 g/mol. The summed E-state index contributed by atoms with van der Waals surface area (Å²) in [6.07, 6.45) is 10.4. The second-order valence-electron chi connectivity index (χ2n) is 3.77. The Labute approximate surface area is 121 Å². The van der Waals surface area contributed by atoms with E-state index < -0.39 is 5.97 Å². The molecule has 0 aromatic heterocycles. The number of allylic oxidation sites excluding steroid dienone is 3. The smallest absolute Gasteiger partial charge is 0.325 e. The lowest BCUT2D eigenvalue weighted by Gasteiger charge is -2.03. The van der Waals surface area contributed by atoms with Gasteiger partial charge in [0.15, 0.2) is 0 Å². The summed E-state index contributed by atoms with van der Waals surface area (Å²) >= 11 is 0. The number of amides is 1. The highest BCUT2D eigenvalue weighted by atomic mass is 16.5. The molecule has 0 aliphatic rings. The van der Waals surface area contributed by atoms with Crippen molar-refractivity contribution in [3.8, 4) is 0 Å². The Morgan fingerprint density at radius 1 is 1.25 bits per heavy atom. The summed E-state index contributed by atoms with van der Waals surface area (Å²) < 4.78 is 4.40. The van der Waals surface area contributed by atoms with Crippen molar-refractivity contribution < 1.29 is 14.3 Å². The van der Waals surface area contributed by atoms with Crippen LogP contribution in [0.3, 0.4) is 0 Å². The summed E-state index contributed by atoms with van der Waals surface area (Å²) in [5, 5.41) is 2.42. The first-order valence-corrected chi connectivity index (χ1v) is 6.63. The highest BCUT2D eigenvalue weighted by Gasteiger charge is 2.07. The van der Waals surface area contributed by atoms with Crippen molar-refractivity contribution in [2.45, 2.75) is 33.6 Å². The third-order valence-electron chi connectivity index (χ3n) is 2.12. The fourth-order valence-electron chi connectivity index (χ4n) is 0.872. The summed E-state index contributed by atoms with van der Waals surface area (Å²) in [6.45, 7) is 5.99. The molecule has 0 unspecified atom stereocenters. The minimum Gasteiger partial charge on any atom is -0.468 e. The predicted octanol–water partition coefficient (Wildman–Crippen LogP) is 2.06. The van der Waals surface area contributed by atoms with Gasteiger partial charge in [0.05, 0.1) is 7.11 Å². The molecule has 0 rings (SSSR count). The molecule has 0 saturated heterocycles. The van der Waals surface area contributed by atoms with Crippen molar-refractivity contribution in [3.63, 3.8) is 0 Å². The number of nitrogens with one attached hydrogen (secondary N) is 1. The highest BCUT2D eigenvalue weighted by Crippen LogP contribution is 1.97. The number of hydrogen-bond donors (Lipinski definition) is 2. The van der Waals surface area contributed by atoms with Crippen LogP contribution in [0.25, 0.3) is 0 Å². The fraction of sp³-hybridized carbons (Fsp3) is 0.467. The van der Waals surface area contributed by atoms with Crippen LogP contribution in [0.1, 0.15) is 33.6 Å². The molecule has 114 valence electrons. The van der Waals surface area contributed by atoms with E-state index in [9.17, 15) is 9.59 Å². The highest BCUT2D eigenvalue weighted by molar-refractivity contribution is 5.97. The molecule has 1 amide bonds. The van der Waals surface area contributed by atoms with Gasteiger partial charge in [-0.25, -0.2) is 0 Å². The predicted molar refractivity (Wildman–Crippen MR) is 81.8 cm³/mol. The van der Waals surface area contributed by atoms with Gasteiger partial charge in [-0.05, 0) is 25.3 Å². The van der Waals surface area contributed by atoms with Crippen LogP contribution in [0.5, 0.6) is 0 Å². The van der Waals surface area contributed by atoms with Crippen molar-refractivity contribution in [3.05, 3.63) is 36.1 Å². The molecular formula is C15H26N2O3. The summed E-state index contributed by atoms with van der Waals surface area (Å²) in [5.41, 5.74) is 5.57. The maximum absolute atomic E-state index is 11.5. The summed E-state index contributed by atoms with van der Waals surface area (Å²) in [6, 6.07) is 0. The molecule has 0 radical (unpaired) electrons. The van der Waals surface area contributed by atoms with Gasteiger partial charge in [0.2, 0.25) is 0 Å². The number of carbonyl (C=O) groups excluding carboxylic acids is 2. The Morgan fingerprint density at radius 3 is 2.25 bits per heavy atom. The molecule has 0 heterocycles. The number of esters is 1. The van der Waals surface area contributed by atoms with Crippen LogP contribution in [0, 0.1) is 0 Å². The van der Waals surface area contributed by atoms with E-state index in [-0.39, 0.29) is 12.5 Å². The zero-order chi connectivity index (χ0) is 15.8. The number of carbonyl (C=O) groups is 2. The zero-order valence-corrected chi connectivity index (χ0v) is 12.8. The molecule has 0 aromatic rings. The van der Waals surface area contributed by atoms with Gasteiger partial charge >= 0.3 is 5.97 Å². The van der Waals surface area contributed by atoms with E-state index in [0.717, 1.165) is 0 Å². The second-order valence-corrected chi connectivity index (χ2v) is 3.77. The lowest BCUT2D eigenvalue weighted by Crippen LogP contribution is -2.30. The van der Waals surface area contributed by atoms with E-state index >= 15 is 0 Å². The lowest BCUT2D eigenvalue weighted by atomic mass is 10.2. The van der Waals surface area contributed by atoms with E-state index in [1.54, 1.807) is 25.2 Å². The van der Waals surface area contributed by atoms with E-state index in [4.69, 9.17) is 5.73 Å². The maximum Gasteiger partial charge on any atom is 0.325 e. The van der Waals surface area contributed by atoms with Gasteiger partial charge in [0, 0.05) is 5.57 Å². The van der Waals surface area contributed by atoms with Gasteiger partial charge in [0.1, 0.15) is 6.54 Å². The molecule has 20 heavy (non-hydrogen) atoms.